The highest BCUT2D eigenvalue weighted by molar-refractivity contribution is 5.88. The Kier molecular flexibility index (Phi) is 4.21. The van der Waals surface area contributed by atoms with Gasteiger partial charge in [0.05, 0.1) is 12.8 Å². The molecular formula is C11H13N3O3. The van der Waals surface area contributed by atoms with Gasteiger partial charge in [0.2, 0.25) is 5.70 Å². The summed E-state index contributed by atoms with van der Waals surface area (Å²) in [6, 6.07) is 6.78. The van der Waals surface area contributed by atoms with Gasteiger partial charge in [-0.3, -0.25) is 0 Å². The number of nitrogens with two attached hydrogens (primary N) is 1. The van der Waals surface area contributed by atoms with E-state index in [2.05, 4.69) is 15.0 Å². The molecule has 17 heavy (non-hydrogen) atoms. The lowest BCUT2D eigenvalue weighted by atomic mass is 10.3. The Hall–Kier alpha value is -2.37. The quantitative estimate of drug-likeness (QED) is 0.276. The van der Waals surface area contributed by atoms with Gasteiger partial charge >= 0.3 is 5.97 Å². The van der Waals surface area contributed by atoms with Crippen molar-refractivity contribution in [2.45, 2.75) is 6.92 Å². The number of benzene rings is 1. The lowest BCUT2D eigenvalue weighted by Crippen LogP contribution is -2.04. The van der Waals surface area contributed by atoms with Gasteiger partial charge in [0, 0.05) is 0 Å². The van der Waals surface area contributed by atoms with Crippen LogP contribution in [0.4, 0.5) is 11.4 Å². The van der Waals surface area contributed by atoms with Crippen LogP contribution < -0.4 is 5.73 Å². The summed E-state index contributed by atoms with van der Waals surface area (Å²) < 4.78 is 4.45. The summed E-state index contributed by atoms with van der Waals surface area (Å²) in [6.07, 6.45) is 0. The number of hydrogen-bond acceptors (Lipinski definition) is 6. The van der Waals surface area contributed by atoms with Gasteiger partial charge in [-0.15, -0.1) is 10.2 Å². The number of allylic oxidation sites excluding steroid dienone is 1. The number of hydrogen-bond donors (Lipinski definition) is 2. The molecule has 6 nitrogen and oxygen atoms in total. The first-order valence-corrected chi connectivity index (χ1v) is 4.80. The molecule has 3 N–H and O–H groups in total. The number of aliphatic hydroxyl groups is 1. The molecule has 0 aromatic heterocycles. The van der Waals surface area contributed by atoms with Crippen molar-refractivity contribution in [1.82, 2.24) is 0 Å². The van der Waals surface area contributed by atoms with E-state index < -0.39 is 5.97 Å². The smallest absolute Gasteiger partial charge is 0.362 e. The summed E-state index contributed by atoms with van der Waals surface area (Å²) >= 11 is 0. The zero-order valence-corrected chi connectivity index (χ0v) is 9.54. The highest BCUT2D eigenvalue weighted by Crippen LogP contribution is 2.22. The van der Waals surface area contributed by atoms with Crippen LogP contribution in [0.25, 0.3) is 0 Å². The third-order valence-electron chi connectivity index (χ3n) is 1.92. The zero-order valence-electron chi connectivity index (χ0n) is 9.54. The lowest BCUT2D eigenvalue weighted by molar-refractivity contribution is -0.136. The Morgan fingerprint density at radius 3 is 2.59 bits per heavy atom. The molecule has 0 spiro atoms. The van der Waals surface area contributed by atoms with Crippen molar-refractivity contribution in [2.24, 2.45) is 10.2 Å². The fourth-order valence-electron chi connectivity index (χ4n) is 1.04. The first-order chi connectivity index (χ1) is 8.06. The number of esters is 1. The van der Waals surface area contributed by atoms with E-state index in [4.69, 9.17) is 5.73 Å². The topological polar surface area (TPSA) is 97.3 Å². The normalized spacial score (nSPS) is 12.4. The second kappa shape index (κ2) is 5.64. The number of rotatable bonds is 3. The minimum Gasteiger partial charge on any atom is -0.510 e. The van der Waals surface area contributed by atoms with Crippen LogP contribution in [-0.4, -0.2) is 18.2 Å². The Balaban J connectivity index is 3.01. The fraction of sp³-hybridized carbons (Fsp3) is 0.182. The van der Waals surface area contributed by atoms with Crippen LogP contribution in [0.15, 0.2) is 46.0 Å². The van der Waals surface area contributed by atoms with Crippen LogP contribution in [-0.2, 0) is 9.53 Å². The average Bonchev–Trinajstić information content (AvgIpc) is 2.30. The second-order valence-corrected chi connectivity index (χ2v) is 3.18. The van der Waals surface area contributed by atoms with Crippen molar-refractivity contribution in [1.29, 1.82) is 0 Å². The van der Waals surface area contributed by atoms with E-state index in [-0.39, 0.29) is 11.5 Å². The molecule has 0 aliphatic rings. The van der Waals surface area contributed by atoms with Crippen LogP contribution >= 0.6 is 0 Å². The third-order valence-corrected chi connectivity index (χ3v) is 1.92. The molecule has 6 heteroatoms. The molecule has 0 fully saturated rings. The van der Waals surface area contributed by atoms with Gasteiger partial charge in [-0.25, -0.2) is 4.79 Å². The highest BCUT2D eigenvalue weighted by Gasteiger charge is 2.12. The molecule has 1 aromatic carbocycles. The van der Waals surface area contributed by atoms with Crippen molar-refractivity contribution in [2.75, 3.05) is 12.8 Å². The summed E-state index contributed by atoms with van der Waals surface area (Å²) in [4.78, 5) is 11.2. The monoisotopic (exact) mass is 235 g/mol. The van der Waals surface area contributed by atoms with Gasteiger partial charge in [0.25, 0.3) is 0 Å². The van der Waals surface area contributed by atoms with E-state index in [9.17, 15) is 9.90 Å². The first-order valence-electron chi connectivity index (χ1n) is 4.80. The van der Waals surface area contributed by atoms with Crippen LogP contribution in [0.1, 0.15) is 6.92 Å². The highest BCUT2D eigenvalue weighted by atomic mass is 16.5. The van der Waals surface area contributed by atoms with Crippen LogP contribution in [0.5, 0.6) is 0 Å². The standard InChI is InChI=1S/C11H13N3O3/c1-7(15)10(11(16)17-2)14-13-9-6-4-3-5-8(9)12/h3-6,15H,12H2,1-2H3/b10-7+,14-13?. The van der Waals surface area contributed by atoms with Crippen molar-refractivity contribution in [3.05, 3.63) is 35.7 Å². The molecule has 0 saturated carbocycles. The molecule has 0 amide bonds. The van der Waals surface area contributed by atoms with E-state index in [1.807, 2.05) is 0 Å². The molecule has 0 bridgehead atoms. The van der Waals surface area contributed by atoms with Gasteiger partial charge in [-0.2, -0.15) is 0 Å². The number of ether oxygens (including phenoxy) is 1. The van der Waals surface area contributed by atoms with E-state index in [1.165, 1.54) is 14.0 Å². The van der Waals surface area contributed by atoms with Gasteiger partial charge < -0.3 is 15.6 Å². The number of para-hydroxylation sites is 1. The molecule has 90 valence electrons. The average molecular weight is 235 g/mol. The molecule has 0 heterocycles. The van der Waals surface area contributed by atoms with Gasteiger partial charge in [0.1, 0.15) is 11.4 Å². The van der Waals surface area contributed by atoms with E-state index in [1.54, 1.807) is 24.3 Å². The predicted molar refractivity (Wildman–Crippen MR) is 62.7 cm³/mol. The summed E-state index contributed by atoms with van der Waals surface area (Å²) in [5.41, 5.74) is 6.23. The molecule has 0 radical (unpaired) electrons. The minimum absolute atomic E-state index is 0.254. The van der Waals surface area contributed by atoms with Gasteiger partial charge in [0.15, 0.2) is 0 Å². The number of carbonyl (C=O) groups excluding carboxylic acids is 1. The SMILES string of the molecule is COC(=O)/C(N=Nc1ccccc1N)=C(/C)O. The maximum Gasteiger partial charge on any atom is 0.362 e. The molecule has 0 aliphatic carbocycles. The number of anilines is 1. The number of aliphatic hydroxyl groups excluding tert-OH is 1. The predicted octanol–water partition coefficient (Wildman–Crippen LogP) is 2.31. The van der Waals surface area contributed by atoms with Crippen LogP contribution in [0.3, 0.4) is 0 Å². The minimum atomic E-state index is -0.761. The van der Waals surface area contributed by atoms with E-state index >= 15 is 0 Å². The van der Waals surface area contributed by atoms with Crippen molar-refractivity contribution < 1.29 is 14.6 Å². The fourth-order valence-corrected chi connectivity index (χ4v) is 1.04. The van der Waals surface area contributed by atoms with Crippen LogP contribution in [0.2, 0.25) is 0 Å². The number of carbonyl (C=O) groups is 1. The summed E-state index contributed by atoms with van der Waals surface area (Å²) in [5, 5.41) is 16.7. The zero-order chi connectivity index (χ0) is 12.8. The van der Waals surface area contributed by atoms with Crippen LogP contribution in [0, 0.1) is 0 Å². The lowest BCUT2D eigenvalue weighted by Gasteiger charge is -2.00. The summed E-state index contributed by atoms with van der Waals surface area (Å²) in [5.74, 6) is -1.03. The molecule has 1 rings (SSSR count). The van der Waals surface area contributed by atoms with Gasteiger partial charge in [-0.1, -0.05) is 12.1 Å². The first kappa shape index (κ1) is 12.7. The number of nitrogen functional groups attached to an aromatic ring is 1. The molecule has 0 aliphatic heterocycles. The number of azo groups is 1. The van der Waals surface area contributed by atoms with Crippen molar-refractivity contribution in [3.63, 3.8) is 0 Å². The van der Waals surface area contributed by atoms with Crippen molar-refractivity contribution >= 4 is 17.3 Å². The largest absolute Gasteiger partial charge is 0.510 e. The molecule has 1 aromatic rings. The second-order valence-electron chi connectivity index (χ2n) is 3.18. The number of nitrogens with zero attached hydrogens (tertiary/aromatic N) is 2. The Labute approximate surface area is 98.4 Å². The molecule has 0 atom stereocenters. The maximum absolute atomic E-state index is 11.2. The summed E-state index contributed by atoms with van der Waals surface area (Å²) in [7, 11) is 1.19. The Morgan fingerprint density at radius 1 is 1.41 bits per heavy atom. The molecular weight excluding hydrogens is 222 g/mol. The van der Waals surface area contributed by atoms with E-state index in [0.717, 1.165) is 0 Å². The Morgan fingerprint density at radius 2 is 2.06 bits per heavy atom. The third kappa shape index (κ3) is 3.30. The maximum atomic E-state index is 11.2. The summed E-state index contributed by atoms with van der Waals surface area (Å²) in [6.45, 7) is 1.32. The van der Waals surface area contributed by atoms with E-state index in [0.29, 0.717) is 11.4 Å². The molecule has 0 saturated heterocycles. The Bertz CT molecular complexity index is 477. The van der Waals surface area contributed by atoms with Crippen molar-refractivity contribution in [3.8, 4) is 0 Å². The molecule has 0 unspecified atom stereocenters. The van der Waals surface area contributed by atoms with Gasteiger partial charge in [-0.05, 0) is 19.1 Å². The number of methoxy groups -OCH3 is 1.